The average molecular weight is 382 g/mol. The van der Waals surface area contributed by atoms with Gasteiger partial charge in [-0.05, 0) is 42.8 Å². The van der Waals surface area contributed by atoms with Gasteiger partial charge in [-0.1, -0.05) is 19.1 Å². The van der Waals surface area contributed by atoms with Crippen molar-refractivity contribution in [2.45, 2.75) is 26.2 Å². The summed E-state index contributed by atoms with van der Waals surface area (Å²) in [5, 5.41) is 1.93. The molecule has 0 bridgehead atoms. The van der Waals surface area contributed by atoms with Crippen molar-refractivity contribution in [2.24, 2.45) is 0 Å². The summed E-state index contributed by atoms with van der Waals surface area (Å²) >= 11 is 1.49. The van der Waals surface area contributed by atoms with Gasteiger partial charge in [0.1, 0.15) is 11.4 Å². The van der Waals surface area contributed by atoms with Crippen LogP contribution in [0.25, 0.3) is 5.57 Å². The molecular weight excluding hydrogens is 360 g/mol. The molecule has 5 nitrogen and oxygen atoms in total. The van der Waals surface area contributed by atoms with Crippen LogP contribution in [0.2, 0.25) is 0 Å². The Bertz CT molecular complexity index is 883. The van der Waals surface area contributed by atoms with Crippen molar-refractivity contribution in [2.75, 3.05) is 24.6 Å². The van der Waals surface area contributed by atoms with Gasteiger partial charge in [0, 0.05) is 24.0 Å². The van der Waals surface area contributed by atoms with Crippen LogP contribution in [0.5, 0.6) is 5.75 Å². The van der Waals surface area contributed by atoms with Crippen molar-refractivity contribution in [1.82, 2.24) is 4.90 Å². The van der Waals surface area contributed by atoms with Gasteiger partial charge in [0.25, 0.3) is 11.8 Å². The molecule has 27 heavy (non-hydrogen) atoms. The smallest absolute Gasteiger partial charge is 0.282 e. The van der Waals surface area contributed by atoms with Crippen LogP contribution in [-0.4, -0.2) is 36.4 Å². The molecule has 2 aliphatic heterocycles. The number of ether oxygens (including phenoxy) is 1. The number of carbonyl (C=O) groups excluding carboxylic acids is 2. The maximum atomic E-state index is 13.3. The topological polar surface area (TPSA) is 49.9 Å². The van der Waals surface area contributed by atoms with Crippen molar-refractivity contribution in [1.29, 1.82) is 0 Å². The number of likely N-dealkylation sites (tertiary alicyclic amines) is 1. The fraction of sp³-hybridized carbons (Fsp3) is 0.333. The Morgan fingerprint density at radius 2 is 1.89 bits per heavy atom. The summed E-state index contributed by atoms with van der Waals surface area (Å²) in [4.78, 5) is 30.8. The summed E-state index contributed by atoms with van der Waals surface area (Å²) in [6.07, 6.45) is 2.99. The minimum absolute atomic E-state index is 0.238. The zero-order valence-corrected chi connectivity index (χ0v) is 16.1. The lowest BCUT2D eigenvalue weighted by atomic mass is 10.2. The second kappa shape index (κ2) is 7.56. The van der Waals surface area contributed by atoms with E-state index in [4.69, 9.17) is 4.74 Å². The molecule has 0 N–H and O–H groups in total. The molecule has 0 unspecified atom stereocenters. The van der Waals surface area contributed by atoms with Crippen LogP contribution in [0.4, 0.5) is 5.69 Å². The molecule has 0 radical (unpaired) electrons. The van der Waals surface area contributed by atoms with Crippen LogP contribution < -0.4 is 9.64 Å². The first-order chi connectivity index (χ1) is 13.2. The zero-order chi connectivity index (χ0) is 18.8. The summed E-state index contributed by atoms with van der Waals surface area (Å²) in [6, 6.07) is 11.0. The second-order valence-electron chi connectivity index (χ2n) is 6.69. The van der Waals surface area contributed by atoms with Gasteiger partial charge in [-0.25, -0.2) is 4.90 Å². The Hall–Kier alpha value is -2.60. The Kier molecular flexibility index (Phi) is 4.99. The fourth-order valence-corrected chi connectivity index (χ4v) is 4.32. The quantitative estimate of drug-likeness (QED) is 0.711. The van der Waals surface area contributed by atoms with Gasteiger partial charge in [0.15, 0.2) is 0 Å². The van der Waals surface area contributed by atoms with Crippen molar-refractivity contribution in [3.63, 3.8) is 0 Å². The van der Waals surface area contributed by atoms with E-state index in [1.54, 1.807) is 12.1 Å². The van der Waals surface area contributed by atoms with E-state index in [9.17, 15) is 9.59 Å². The molecule has 2 aliphatic rings. The number of benzene rings is 1. The highest BCUT2D eigenvalue weighted by Crippen LogP contribution is 2.38. The van der Waals surface area contributed by atoms with Crippen LogP contribution in [-0.2, 0) is 9.59 Å². The highest BCUT2D eigenvalue weighted by atomic mass is 32.1. The molecule has 1 saturated heterocycles. The van der Waals surface area contributed by atoms with Crippen LogP contribution in [0, 0.1) is 0 Å². The van der Waals surface area contributed by atoms with Gasteiger partial charge in [0.05, 0.1) is 17.9 Å². The maximum absolute atomic E-state index is 13.3. The van der Waals surface area contributed by atoms with Gasteiger partial charge in [-0.3, -0.25) is 9.59 Å². The first-order valence-corrected chi connectivity index (χ1v) is 10.2. The van der Waals surface area contributed by atoms with Crippen LogP contribution >= 0.6 is 11.3 Å². The summed E-state index contributed by atoms with van der Waals surface area (Å²) < 4.78 is 5.68. The Balaban J connectivity index is 1.73. The third-order valence-electron chi connectivity index (χ3n) is 4.80. The van der Waals surface area contributed by atoms with E-state index in [0.29, 0.717) is 29.3 Å². The Labute approximate surface area is 162 Å². The highest BCUT2D eigenvalue weighted by molar-refractivity contribution is 7.11. The fourth-order valence-electron chi connectivity index (χ4n) is 3.56. The molecule has 0 spiro atoms. The van der Waals surface area contributed by atoms with Crippen LogP contribution in [0.3, 0.4) is 0 Å². The molecule has 3 heterocycles. The highest BCUT2D eigenvalue weighted by Gasteiger charge is 2.43. The van der Waals surface area contributed by atoms with Gasteiger partial charge in [-0.2, -0.15) is 0 Å². The monoisotopic (exact) mass is 382 g/mol. The third kappa shape index (κ3) is 3.25. The SMILES string of the molecule is CCCOc1cccc(N2C(=O)C(c3cccs3)=C(N3CCCC3)C2=O)c1. The molecule has 140 valence electrons. The molecule has 2 amide bonds. The second-order valence-corrected chi connectivity index (χ2v) is 7.63. The predicted molar refractivity (Wildman–Crippen MR) is 107 cm³/mol. The number of anilines is 1. The van der Waals surface area contributed by atoms with Gasteiger partial charge in [-0.15, -0.1) is 11.3 Å². The molecule has 1 aromatic carbocycles. The predicted octanol–water partition coefficient (Wildman–Crippen LogP) is 3.92. The minimum Gasteiger partial charge on any atom is -0.494 e. The summed E-state index contributed by atoms with van der Waals surface area (Å²) in [5.74, 6) is 0.178. The summed E-state index contributed by atoms with van der Waals surface area (Å²) in [6.45, 7) is 4.27. The molecule has 2 aromatic rings. The average Bonchev–Trinajstić information content (AvgIpc) is 3.41. The molecule has 1 aromatic heterocycles. The number of rotatable bonds is 6. The van der Waals surface area contributed by atoms with E-state index in [0.717, 1.165) is 37.2 Å². The molecule has 4 rings (SSSR count). The van der Waals surface area contributed by atoms with E-state index in [-0.39, 0.29) is 11.8 Å². The van der Waals surface area contributed by atoms with Crippen molar-refractivity contribution in [3.8, 4) is 5.75 Å². The first-order valence-electron chi connectivity index (χ1n) is 9.35. The molecule has 0 atom stereocenters. The van der Waals surface area contributed by atoms with E-state index < -0.39 is 0 Å². The standard InChI is InChI=1S/C21H22N2O3S/c1-2-12-26-16-8-5-7-15(14-16)23-20(24)18(17-9-6-13-27-17)19(21(23)25)22-10-3-4-11-22/h5-9,13-14H,2-4,10-12H2,1H3. The third-order valence-corrected chi connectivity index (χ3v) is 5.69. The summed E-state index contributed by atoms with van der Waals surface area (Å²) in [5.41, 5.74) is 1.62. The van der Waals surface area contributed by atoms with E-state index in [1.807, 2.05) is 36.6 Å². The minimum atomic E-state index is -0.253. The zero-order valence-electron chi connectivity index (χ0n) is 15.3. The van der Waals surface area contributed by atoms with Gasteiger partial charge in [0.2, 0.25) is 0 Å². The van der Waals surface area contributed by atoms with E-state index >= 15 is 0 Å². The number of carbonyl (C=O) groups is 2. The lowest BCUT2D eigenvalue weighted by Gasteiger charge is -2.20. The van der Waals surface area contributed by atoms with Crippen molar-refractivity contribution < 1.29 is 14.3 Å². The van der Waals surface area contributed by atoms with Crippen molar-refractivity contribution in [3.05, 3.63) is 52.4 Å². The lowest BCUT2D eigenvalue weighted by Crippen LogP contribution is -2.34. The number of hydrogen-bond acceptors (Lipinski definition) is 5. The van der Waals surface area contributed by atoms with Crippen LogP contribution in [0.15, 0.2) is 47.5 Å². The number of hydrogen-bond donors (Lipinski definition) is 0. The maximum Gasteiger partial charge on any atom is 0.282 e. The first kappa shape index (κ1) is 17.8. The molecule has 1 fully saturated rings. The number of thiophene rings is 1. The lowest BCUT2D eigenvalue weighted by molar-refractivity contribution is -0.120. The molecule has 0 saturated carbocycles. The largest absolute Gasteiger partial charge is 0.494 e. The van der Waals surface area contributed by atoms with Crippen molar-refractivity contribution >= 4 is 34.4 Å². The molecular formula is C21H22N2O3S. The van der Waals surface area contributed by atoms with E-state index in [1.165, 1.54) is 16.2 Å². The molecule has 6 heteroatoms. The normalized spacial score (nSPS) is 17.4. The number of nitrogens with zero attached hydrogens (tertiary/aromatic N) is 2. The number of imide groups is 1. The Morgan fingerprint density at radius 1 is 1.07 bits per heavy atom. The van der Waals surface area contributed by atoms with E-state index in [2.05, 4.69) is 4.90 Å². The number of amides is 2. The van der Waals surface area contributed by atoms with Gasteiger partial charge < -0.3 is 9.64 Å². The Morgan fingerprint density at radius 3 is 2.59 bits per heavy atom. The van der Waals surface area contributed by atoms with Crippen LogP contribution in [0.1, 0.15) is 31.1 Å². The molecule has 0 aliphatic carbocycles. The van der Waals surface area contributed by atoms with Gasteiger partial charge >= 0.3 is 0 Å². The summed E-state index contributed by atoms with van der Waals surface area (Å²) in [7, 11) is 0.